The van der Waals surface area contributed by atoms with Crippen LogP contribution in [0.1, 0.15) is 29.4 Å². The van der Waals surface area contributed by atoms with Crippen molar-refractivity contribution in [3.05, 3.63) is 82.3 Å². The van der Waals surface area contributed by atoms with Crippen LogP contribution in [0.25, 0.3) is 22.0 Å². The smallest absolute Gasteiger partial charge is 0.250 e. The fourth-order valence-electron chi connectivity index (χ4n) is 4.07. The summed E-state index contributed by atoms with van der Waals surface area (Å²) in [6.07, 6.45) is 4.62. The van der Waals surface area contributed by atoms with E-state index in [1.54, 1.807) is 23.9 Å². The van der Waals surface area contributed by atoms with E-state index >= 15 is 0 Å². The Kier molecular flexibility index (Phi) is 4.77. The monoisotopic (exact) mass is 412 g/mol. The van der Waals surface area contributed by atoms with Gasteiger partial charge in [-0.25, -0.2) is 4.98 Å². The first-order valence-corrected chi connectivity index (χ1v) is 10.5. The minimum atomic E-state index is -0.0724. The molecule has 0 saturated heterocycles. The molecule has 31 heavy (non-hydrogen) atoms. The highest BCUT2D eigenvalue weighted by atomic mass is 16.5. The molecule has 2 unspecified atom stereocenters. The maximum atomic E-state index is 12.2. The highest BCUT2D eigenvalue weighted by Gasteiger charge is 2.40. The molecule has 1 aromatic carbocycles. The van der Waals surface area contributed by atoms with E-state index in [2.05, 4.69) is 34.2 Å². The molecule has 2 atom stereocenters. The quantitative estimate of drug-likeness (QED) is 0.492. The van der Waals surface area contributed by atoms with Gasteiger partial charge < -0.3 is 9.30 Å². The molecule has 0 radical (unpaired) electrons. The van der Waals surface area contributed by atoms with Crippen LogP contribution in [0, 0.1) is 19.8 Å². The van der Waals surface area contributed by atoms with Gasteiger partial charge in [0.1, 0.15) is 5.82 Å². The molecular weight excluding hydrogens is 388 g/mol. The SMILES string of the molecule is Cc1ncc(-c2cc(=O)n(C)cc2C)c(OCC2CC2c2ccc3ccccc3n2)n1. The summed E-state index contributed by atoms with van der Waals surface area (Å²) in [4.78, 5) is 25.9. The molecule has 0 aliphatic heterocycles. The van der Waals surface area contributed by atoms with Crippen molar-refractivity contribution in [2.45, 2.75) is 26.2 Å². The lowest BCUT2D eigenvalue weighted by molar-refractivity contribution is 0.285. The lowest BCUT2D eigenvalue weighted by atomic mass is 10.1. The molecule has 0 amide bonds. The summed E-state index contributed by atoms with van der Waals surface area (Å²) in [6.45, 7) is 4.37. The van der Waals surface area contributed by atoms with E-state index in [0.29, 0.717) is 30.1 Å². The maximum absolute atomic E-state index is 12.2. The van der Waals surface area contributed by atoms with Gasteiger partial charge in [-0.3, -0.25) is 9.78 Å². The zero-order valence-corrected chi connectivity index (χ0v) is 17.9. The molecule has 4 aromatic rings. The molecule has 5 rings (SSSR count). The molecule has 3 heterocycles. The van der Waals surface area contributed by atoms with E-state index in [4.69, 9.17) is 9.72 Å². The Morgan fingerprint density at radius 2 is 1.94 bits per heavy atom. The summed E-state index contributed by atoms with van der Waals surface area (Å²) in [5.41, 5.74) is 4.61. The second-order valence-electron chi connectivity index (χ2n) is 8.30. The van der Waals surface area contributed by atoms with E-state index in [1.165, 1.54) is 0 Å². The molecule has 1 fully saturated rings. The third-order valence-electron chi connectivity index (χ3n) is 5.95. The van der Waals surface area contributed by atoms with Crippen molar-refractivity contribution < 1.29 is 4.74 Å². The normalized spacial score (nSPS) is 17.6. The van der Waals surface area contributed by atoms with Gasteiger partial charge in [0.05, 0.1) is 17.7 Å². The lowest BCUT2D eigenvalue weighted by Gasteiger charge is -2.13. The third kappa shape index (κ3) is 3.81. The van der Waals surface area contributed by atoms with E-state index < -0.39 is 0 Å². The van der Waals surface area contributed by atoms with Crippen LogP contribution in [0.2, 0.25) is 0 Å². The lowest BCUT2D eigenvalue weighted by Crippen LogP contribution is -2.16. The van der Waals surface area contributed by atoms with Crippen LogP contribution < -0.4 is 10.3 Å². The van der Waals surface area contributed by atoms with Crippen molar-refractivity contribution >= 4 is 10.9 Å². The number of fused-ring (bicyclic) bond motifs is 1. The minimum absolute atomic E-state index is 0.0724. The van der Waals surface area contributed by atoms with Crippen LogP contribution in [0.4, 0.5) is 0 Å². The number of pyridine rings is 2. The van der Waals surface area contributed by atoms with E-state index in [1.807, 2.05) is 32.2 Å². The molecule has 6 heteroatoms. The van der Waals surface area contributed by atoms with Crippen LogP contribution >= 0.6 is 0 Å². The summed E-state index contributed by atoms with van der Waals surface area (Å²) in [5.74, 6) is 1.98. The summed E-state index contributed by atoms with van der Waals surface area (Å²) in [6, 6.07) is 14.1. The predicted octanol–water partition coefficient (Wildman–Crippen LogP) is 4.19. The van der Waals surface area contributed by atoms with E-state index in [9.17, 15) is 4.79 Å². The summed E-state index contributed by atoms with van der Waals surface area (Å²) < 4.78 is 7.74. The fourth-order valence-corrected chi connectivity index (χ4v) is 4.07. The van der Waals surface area contributed by atoms with E-state index in [0.717, 1.165) is 39.7 Å². The first-order valence-electron chi connectivity index (χ1n) is 10.5. The Bertz CT molecular complexity index is 1350. The van der Waals surface area contributed by atoms with Gasteiger partial charge in [-0.15, -0.1) is 0 Å². The fraction of sp³-hybridized carbons (Fsp3) is 0.280. The molecule has 0 bridgehead atoms. The minimum Gasteiger partial charge on any atom is -0.477 e. The van der Waals surface area contributed by atoms with Crippen molar-refractivity contribution in [1.29, 1.82) is 0 Å². The van der Waals surface area contributed by atoms with Gasteiger partial charge in [0, 0.05) is 48.4 Å². The largest absolute Gasteiger partial charge is 0.477 e. The zero-order valence-electron chi connectivity index (χ0n) is 17.9. The Balaban J connectivity index is 1.36. The summed E-state index contributed by atoms with van der Waals surface area (Å²) in [5, 5.41) is 1.16. The van der Waals surface area contributed by atoms with Crippen LogP contribution in [-0.4, -0.2) is 26.1 Å². The van der Waals surface area contributed by atoms with Crippen LogP contribution in [0.15, 0.2) is 59.7 Å². The number of aromatic nitrogens is 4. The second-order valence-corrected chi connectivity index (χ2v) is 8.30. The number of aryl methyl sites for hydroxylation is 3. The van der Waals surface area contributed by atoms with Gasteiger partial charge in [0.2, 0.25) is 5.88 Å². The van der Waals surface area contributed by atoms with Crippen molar-refractivity contribution in [3.63, 3.8) is 0 Å². The Morgan fingerprint density at radius 3 is 2.81 bits per heavy atom. The molecule has 1 saturated carbocycles. The Morgan fingerprint density at radius 1 is 1.10 bits per heavy atom. The Labute approximate surface area is 180 Å². The Hall–Kier alpha value is -3.54. The highest BCUT2D eigenvalue weighted by molar-refractivity contribution is 5.78. The number of rotatable bonds is 5. The first kappa shape index (κ1) is 19.4. The van der Waals surface area contributed by atoms with Gasteiger partial charge in [0.25, 0.3) is 5.56 Å². The van der Waals surface area contributed by atoms with Gasteiger partial charge in [-0.05, 0) is 43.5 Å². The third-order valence-corrected chi connectivity index (χ3v) is 5.95. The van der Waals surface area contributed by atoms with Gasteiger partial charge in [-0.2, -0.15) is 4.98 Å². The molecule has 6 nitrogen and oxygen atoms in total. The molecule has 1 aliphatic carbocycles. The topological polar surface area (TPSA) is 69.9 Å². The number of hydrogen-bond donors (Lipinski definition) is 0. The number of para-hydroxylation sites is 1. The predicted molar refractivity (Wildman–Crippen MR) is 120 cm³/mol. The van der Waals surface area contributed by atoms with Crippen LogP contribution in [0.3, 0.4) is 0 Å². The second kappa shape index (κ2) is 7.61. The molecular formula is C25H24N4O2. The molecule has 0 spiro atoms. The molecule has 156 valence electrons. The van der Waals surface area contributed by atoms with Gasteiger partial charge in [0.15, 0.2) is 0 Å². The first-order chi connectivity index (χ1) is 15.0. The standard InChI is InChI=1S/C25H24N4O2/c1-15-13-29(3)24(30)11-19(15)21-12-26-16(2)27-25(21)31-14-18-10-20(18)23-9-8-17-6-4-5-7-22(17)28-23/h4-9,11-13,18,20H,10,14H2,1-3H3. The average Bonchev–Trinajstić information content (AvgIpc) is 3.55. The molecule has 3 aromatic heterocycles. The van der Waals surface area contributed by atoms with Crippen molar-refractivity contribution in [3.8, 4) is 17.0 Å². The highest BCUT2D eigenvalue weighted by Crippen LogP contribution is 2.47. The van der Waals surface area contributed by atoms with Crippen LogP contribution in [-0.2, 0) is 7.05 Å². The van der Waals surface area contributed by atoms with Crippen molar-refractivity contribution in [1.82, 2.24) is 19.5 Å². The number of ether oxygens (including phenoxy) is 1. The maximum Gasteiger partial charge on any atom is 0.250 e. The van der Waals surface area contributed by atoms with E-state index in [-0.39, 0.29) is 5.56 Å². The number of hydrogen-bond acceptors (Lipinski definition) is 5. The van der Waals surface area contributed by atoms with Gasteiger partial charge >= 0.3 is 0 Å². The zero-order chi connectivity index (χ0) is 21.5. The van der Waals surface area contributed by atoms with Gasteiger partial charge in [-0.1, -0.05) is 24.3 Å². The number of nitrogens with zero attached hydrogens (tertiary/aromatic N) is 4. The van der Waals surface area contributed by atoms with Crippen LogP contribution in [0.5, 0.6) is 5.88 Å². The van der Waals surface area contributed by atoms with Crippen molar-refractivity contribution in [2.24, 2.45) is 13.0 Å². The molecule has 1 aliphatic rings. The average molecular weight is 412 g/mol. The summed E-state index contributed by atoms with van der Waals surface area (Å²) in [7, 11) is 1.75. The summed E-state index contributed by atoms with van der Waals surface area (Å²) >= 11 is 0. The number of benzene rings is 1. The molecule has 0 N–H and O–H groups in total. The van der Waals surface area contributed by atoms with Crippen molar-refractivity contribution in [2.75, 3.05) is 6.61 Å².